The van der Waals surface area contributed by atoms with Gasteiger partial charge in [-0.3, -0.25) is 13.9 Å². The third-order valence-electron chi connectivity index (χ3n) is 7.63. The van der Waals surface area contributed by atoms with E-state index in [2.05, 4.69) is 5.32 Å². The number of sulfonamides is 1. The zero-order valence-electron chi connectivity index (χ0n) is 26.2. The Hall–Kier alpha value is -3.76. The van der Waals surface area contributed by atoms with Crippen molar-refractivity contribution in [3.63, 3.8) is 0 Å². The van der Waals surface area contributed by atoms with Crippen LogP contribution in [0.5, 0.6) is 5.75 Å². The fourth-order valence-electron chi connectivity index (χ4n) is 4.86. The molecule has 0 unspecified atom stereocenters. The molecule has 248 valence electrons. The molecule has 8 nitrogen and oxygen atoms in total. The van der Waals surface area contributed by atoms with Gasteiger partial charge in [-0.1, -0.05) is 84.2 Å². The van der Waals surface area contributed by atoms with Crippen molar-refractivity contribution in [2.24, 2.45) is 0 Å². The first-order valence-electron chi connectivity index (χ1n) is 14.9. The molecule has 0 aliphatic rings. The molecule has 47 heavy (non-hydrogen) atoms. The third kappa shape index (κ3) is 9.41. The quantitative estimate of drug-likeness (QED) is 0.147. The molecule has 1 N–H and O–H groups in total. The van der Waals surface area contributed by atoms with Crippen LogP contribution in [0.2, 0.25) is 15.1 Å². The third-order valence-corrected chi connectivity index (χ3v) is 10.4. The van der Waals surface area contributed by atoms with Gasteiger partial charge in [0.15, 0.2) is 0 Å². The van der Waals surface area contributed by atoms with E-state index in [4.69, 9.17) is 39.5 Å². The van der Waals surface area contributed by atoms with Gasteiger partial charge in [0, 0.05) is 24.0 Å². The number of halogens is 3. The van der Waals surface area contributed by atoms with E-state index in [1.165, 1.54) is 42.3 Å². The maximum Gasteiger partial charge on any atom is 0.264 e. The van der Waals surface area contributed by atoms with Gasteiger partial charge < -0.3 is 15.0 Å². The first-order valence-corrected chi connectivity index (χ1v) is 17.5. The molecule has 4 aromatic rings. The number of methoxy groups -OCH3 is 1. The molecule has 0 saturated heterocycles. The number of carbonyl (C=O) groups excluding carboxylic acids is 2. The van der Waals surface area contributed by atoms with Crippen LogP contribution in [0.4, 0.5) is 5.69 Å². The SMILES string of the molecule is CC[C@@H](C)NC(=O)[C@H](Cc1ccccc1)N(Cc1ccc(Cl)c(Cl)c1)C(=O)CN(c1cccc(Cl)c1)S(=O)(=O)c1ccc(OC)cc1. The summed E-state index contributed by atoms with van der Waals surface area (Å²) in [6.07, 6.45) is 0.853. The number of rotatable bonds is 14. The molecule has 4 rings (SSSR count). The molecule has 4 aromatic carbocycles. The molecule has 0 spiro atoms. The van der Waals surface area contributed by atoms with Crippen LogP contribution >= 0.6 is 34.8 Å². The summed E-state index contributed by atoms with van der Waals surface area (Å²) in [5.41, 5.74) is 1.61. The highest BCUT2D eigenvalue weighted by atomic mass is 35.5. The number of anilines is 1. The highest BCUT2D eigenvalue weighted by Gasteiger charge is 2.35. The molecule has 0 aromatic heterocycles. The lowest BCUT2D eigenvalue weighted by Crippen LogP contribution is -2.54. The molecule has 0 saturated carbocycles. The number of amides is 2. The summed E-state index contributed by atoms with van der Waals surface area (Å²) in [4.78, 5) is 29.8. The molecule has 2 amide bonds. The Morgan fingerprint density at radius 3 is 2.17 bits per heavy atom. The van der Waals surface area contributed by atoms with Gasteiger partial charge in [-0.15, -0.1) is 0 Å². The average Bonchev–Trinajstić information content (AvgIpc) is 3.06. The topological polar surface area (TPSA) is 96.0 Å². The van der Waals surface area contributed by atoms with E-state index in [-0.39, 0.29) is 45.5 Å². The summed E-state index contributed by atoms with van der Waals surface area (Å²) in [5.74, 6) is -0.518. The van der Waals surface area contributed by atoms with Crippen molar-refractivity contribution < 1.29 is 22.7 Å². The molecule has 12 heteroatoms. The Labute approximate surface area is 291 Å². The van der Waals surface area contributed by atoms with Gasteiger partial charge in [0.05, 0.1) is 27.7 Å². The van der Waals surface area contributed by atoms with Crippen LogP contribution in [0.15, 0.2) is 102 Å². The van der Waals surface area contributed by atoms with Gasteiger partial charge in [-0.05, 0) is 79.1 Å². The summed E-state index contributed by atoms with van der Waals surface area (Å²) < 4.78 is 34.6. The van der Waals surface area contributed by atoms with E-state index in [9.17, 15) is 18.0 Å². The van der Waals surface area contributed by atoms with Gasteiger partial charge in [0.25, 0.3) is 10.0 Å². The number of carbonyl (C=O) groups is 2. The number of nitrogens with one attached hydrogen (secondary N) is 1. The normalized spacial score (nSPS) is 12.6. The van der Waals surface area contributed by atoms with Crippen molar-refractivity contribution in [1.29, 1.82) is 0 Å². The second kappa shape index (κ2) is 16.4. The summed E-state index contributed by atoms with van der Waals surface area (Å²) in [5, 5.41) is 3.91. The van der Waals surface area contributed by atoms with E-state index < -0.39 is 28.5 Å². The van der Waals surface area contributed by atoms with Gasteiger partial charge >= 0.3 is 0 Å². The molecule has 0 heterocycles. The van der Waals surface area contributed by atoms with Gasteiger partial charge in [-0.2, -0.15) is 0 Å². The van der Waals surface area contributed by atoms with Crippen LogP contribution in [0.3, 0.4) is 0 Å². The van der Waals surface area contributed by atoms with Crippen LogP contribution < -0.4 is 14.4 Å². The van der Waals surface area contributed by atoms with E-state index in [0.29, 0.717) is 22.8 Å². The van der Waals surface area contributed by atoms with Gasteiger partial charge in [0.2, 0.25) is 11.8 Å². The molecule has 0 fully saturated rings. The molecule has 0 radical (unpaired) electrons. The Morgan fingerprint density at radius 2 is 1.55 bits per heavy atom. The minimum atomic E-state index is -4.30. The molecule has 2 atom stereocenters. The van der Waals surface area contributed by atoms with Crippen molar-refractivity contribution in [2.75, 3.05) is 18.0 Å². The second-order valence-corrected chi connectivity index (χ2v) is 14.1. The van der Waals surface area contributed by atoms with E-state index in [0.717, 1.165) is 9.87 Å². The summed E-state index contributed by atoms with van der Waals surface area (Å²) in [6, 6.07) is 25.2. The monoisotopic (exact) mass is 715 g/mol. The van der Waals surface area contributed by atoms with Crippen LogP contribution in [0, 0.1) is 0 Å². The highest BCUT2D eigenvalue weighted by molar-refractivity contribution is 7.92. The lowest BCUT2D eigenvalue weighted by Gasteiger charge is -2.34. The van der Waals surface area contributed by atoms with E-state index in [1.807, 2.05) is 44.2 Å². The van der Waals surface area contributed by atoms with E-state index in [1.54, 1.807) is 36.4 Å². The van der Waals surface area contributed by atoms with Crippen LogP contribution in [0.25, 0.3) is 0 Å². The summed E-state index contributed by atoms with van der Waals surface area (Å²) >= 11 is 18.8. The zero-order valence-corrected chi connectivity index (χ0v) is 29.3. The van der Waals surface area contributed by atoms with E-state index >= 15 is 0 Å². The molecule has 0 aliphatic carbocycles. The fraction of sp³-hybridized carbons (Fsp3) is 0.257. The average molecular weight is 717 g/mol. The van der Waals surface area contributed by atoms with Crippen LogP contribution in [-0.2, 0) is 32.6 Å². The summed E-state index contributed by atoms with van der Waals surface area (Å²) in [6.45, 7) is 3.15. The predicted octanol–water partition coefficient (Wildman–Crippen LogP) is 7.41. The van der Waals surface area contributed by atoms with Crippen molar-refractivity contribution in [2.45, 2.75) is 50.2 Å². The van der Waals surface area contributed by atoms with Crippen molar-refractivity contribution in [1.82, 2.24) is 10.2 Å². The number of ether oxygens (including phenoxy) is 1. The predicted molar refractivity (Wildman–Crippen MR) is 188 cm³/mol. The Balaban J connectivity index is 1.82. The molecule has 0 bridgehead atoms. The van der Waals surface area contributed by atoms with Crippen LogP contribution in [-0.4, -0.2) is 50.9 Å². The number of hydrogen-bond donors (Lipinski definition) is 1. The zero-order chi connectivity index (χ0) is 34.1. The number of benzene rings is 4. The van der Waals surface area contributed by atoms with Gasteiger partial charge in [-0.25, -0.2) is 8.42 Å². The minimum Gasteiger partial charge on any atom is -0.497 e. The Morgan fingerprint density at radius 1 is 0.851 bits per heavy atom. The standard InChI is InChI=1S/C35H36Cl3N3O5S/c1-4-24(2)39-35(43)33(20-25-9-6-5-7-10-25)40(22-26-13-18-31(37)32(38)19-26)34(42)23-41(28-12-8-11-27(36)21-28)47(44,45)30-16-14-29(46-3)15-17-30/h5-19,21,24,33H,4,20,22-23H2,1-3H3,(H,39,43)/t24-,33+/m1/s1. The highest BCUT2D eigenvalue weighted by Crippen LogP contribution is 2.29. The smallest absolute Gasteiger partial charge is 0.264 e. The first-order chi connectivity index (χ1) is 22.4. The summed E-state index contributed by atoms with van der Waals surface area (Å²) in [7, 11) is -2.83. The maximum atomic E-state index is 14.6. The lowest BCUT2D eigenvalue weighted by atomic mass is 10.0. The van der Waals surface area contributed by atoms with Crippen molar-refractivity contribution in [3.8, 4) is 5.75 Å². The Kier molecular flexibility index (Phi) is 12.6. The molecular formula is C35H36Cl3N3O5S. The largest absolute Gasteiger partial charge is 0.497 e. The van der Waals surface area contributed by atoms with Gasteiger partial charge in [0.1, 0.15) is 18.3 Å². The lowest BCUT2D eigenvalue weighted by molar-refractivity contribution is -0.140. The fourth-order valence-corrected chi connectivity index (χ4v) is 6.78. The number of hydrogen-bond acceptors (Lipinski definition) is 5. The Bertz CT molecular complexity index is 1790. The molecular weight excluding hydrogens is 681 g/mol. The van der Waals surface area contributed by atoms with Crippen molar-refractivity contribution >= 4 is 62.3 Å². The first kappa shape index (κ1) is 36.1. The second-order valence-electron chi connectivity index (χ2n) is 11.0. The van der Waals surface area contributed by atoms with Crippen LogP contribution in [0.1, 0.15) is 31.4 Å². The maximum absolute atomic E-state index is 14.6. The van der Waals surface area contributed by atoms with Crippen molar-refractivity contribution in [3.05, 3.63) is 123 Å². The minimum absolute atomic E-state index is 0.0485. The number of nitrogens with zero attached hydrogens (tertiary/aromatic N) is 2. The molecule has 0 aliphatic heterocycles.